The summed E-state index contributed by atoms with van der Waals surface area (Å²) in [5.74, 6) is 0.579. The molecule has 8 nitrogen and oxygen atoms in total. The van der Waals surface area contributed by atoms with Crippen LogP contribution in [0.25, 0.3) is 11.6 Å². The van der Waals surface area contributed by atoms with Gasteiger partial charge in [0.25, 0.3) is 5.89 Å². The van der Waals surface area contributed by atoms with Gasteiger partial charge in [-0.05, 0) is 18.6 Å². The van der Waals surface area contributed by atoms with Crippen LogP contribution in [-0.2, 0) is 10.0 Å². The first-order valence-electron chi connectivity index (χ1n) is 7.79. The normalized spacial score (nSPS) is 18.5. The standard InChI is InChI=1S/C16H15N5O3S/c22-25(23,13-4-2-1-3-5-13)21-9-6-12(11-21)15-19-20-16(24-15)14-10-17-7-8-18-14/h1-5,7-8,10,12H,6,9,11H2. The molecule has 25 heavy (non-hydrogen) atoms. The van der Waals surface area contributed by atoms with Crippen LogP contribution < -0.4 is 0 Å². The number of rotatable bonds is 4. The van der Waals surface area contributed by atoms with E-state index in [1.807, 2.05) is 0 Å². The van der Waals surface area contributed by atoms with Gasteiger partial charge in [-0.15, -0.1) is 10.2 Å². The summed E-state index contributed by atoms with van der Waals surface area (Å²) in [4.78, 5) is 8.38. The lowest BCUT2D eigenvalue weighted by Gasteiger charge is -2.15. The van der Waals surface area contributed by atoms with E-state index in [2.05, 4.69) is 20.2 Å². The minimum atomic E-state index is -3.50. The van der Waals surface area contributed by atoms with E-state index in [1.54, 1.807) is 42.7 Å². The molecule has 1 fully saturated rings. The molecule has 2 aromatic heterocycles. The van der Waals surface area contributed by atoms with Crippen LogP contribution in [0.4, 0.5) is 0 Å². The molecule has 3 heterocycles. The van der Waals surface area contributed by atoms with Gasteiger partial charge in [-0.25, -0.2) is 13.4 Å². The first kappa shape index (κ1) is 15.9. The van der Waals surface area contributed by atoms with Crippen molar-refractivity contribution in [1.29, 1.82) is 0 Å². The Labute approximate surface area is 144 Å². The fraction of sp³-hybridized carbons (Fsp3) is 0.250. The van der Waals surface area contributed by atoms with Crippen LogP contribution in [0.2, 0.25) is 0 Å². The topological polar surface area (TPSA) is 102 Å². The van der Waals surface area contributed by atoms with Crippen molar-refractivity contribution in [1.82, 2.24) is 24.5 Å². The van der Waals surface area contributed by atoms with E-state index in [-0.39, 0.29) is 11.8 Å². The van der Waals surface area contributed by atoms with Crippen molar-refractivity contribution in [3.05, 3.63) is 54.8 Å². The molecule has 0 N–H and O–H groups in total. The van der Waals surface area contributed by atoms with Crippen molar-refractivity contribution < 1.29 is 12.8 Å². The van der Waals surface area contributed by atoms with Crippen molar-refractivity contribution in [2.24, 2.45) is 0 Å². The zero-order valence-electron chi connectivity index (χ0n) is 13.2. The molecule has 128 valence electrons. The summed E-state index contributed by atoms with van der Waals surface area (Å²) >= 11 is 0. The maximum absolute atomic E-state index is 12.7. The fourth-order valence-corrected chi connectivity index (χ4v) is 4.32. The van der Waals surface area contributed by atoms with Gasteiger partial charge in [-0.1, -0.05) is 18.2 Å². The summed E-state index contributed by atoms with van der Waals surface area (Å²) < 4.78 is 32.5. The lowest BCUT2D eigenvalue weighted by Crippen LogP contribution is -2.28. The highest BCUT2D eigenvalue weighted by Crippen LogP contribution is 2.31. The number of nitrogens with zero attached hydrogens (tertiary/aromatic N) is 5. The minimum absolute atomic E-state index is 0.128. The molecule has 3 aromatic rings. The molecular formula is C16H15N5O3S. The van der Waals surface area contributed by atoms with Crippen molar-refractivity contribution in [3.8, 4) is 11.6 Å². The molecule has 1 atom stereocenters. The summed E-state index contributed by atoms with van der Waals surface area (Å²) in [7, 11) is -3.50. The minimum Gasteiger partial charge on any atom is -0.419 e. The van der Waals surface area contributed by atoms with Crippen LogP contribution in [0.3, 0.4) is 0 Å². The van der Waals surface area contributed by atoms with E-state index in [0.29, 0.717) is 36.0 Å². The Kier molecular flexibility index (Phi) is 4.02. The second-order valence-corrected chi connectivity index (χ2v) is 7.64. The fourth-order valence-electron chi connectivity index (χ4n) is 2.80. The summed E-state index contributed by atoms with van der Waals surface area (Å²) in [6.45, 7) is 0.740. The van der Waals surface area contributed by atoms with Crippen LogP contribution in [0.1, 0.15) is 18.2 Å². The van der Waals surface area contributed by atoms with Crippen LogP contribution >= 0.6 is 0 Å². The molecule has 4 rings (SSSR count). The van der Waals surface area contributed by atoms with Crippen LogP contribution in [0.5, 0.6) is 0 Å². The average molecular weight is 357 g/mol. The molecule has 9 heteroatoms. The summed E-state index contributed by atoms with van der Waals surface area (Å²) in [6.07, 6.45) is 5.28. The first-order valence-corrected chi connectivity index (χ1v) is 9.23. The number of hydrogen-bond donors (Lipinski definition) is 0. The zero-order valence-corrected chi connectivity index (χ0v) is 14.0. The molecule has 0 saturated carbocycles. The van der Waals surface area contributed by atoms with Crippen LogP contribution in [-0.4, -0.2) is 46.0 Å². The van der Waals surface area contributed by atoms with Crippen molar-refractivity contribution in [2.45, 2.75) is 17.2 Å². The molecule has 0 aliphatic carbocycles. The van der Waals surface area contributed by atoms with E-state index < -0.39 is 10.0 Å². The second-order valence-electron chi connectivity index (χ2n) is 5.70. The Morgan fingerprint density at radius 1 is 1.12 bits per heavy atom. The summed E-state index contributed by atoms with van der Waals surface area (Å²) in [5.41, 5.74) is 0.494. The van der Waals surface area contributed by atoms with Gasteiger partial charge in [0.05, 0.1) is 17.0 Å². The lowest BCUT2D eigenvalue weighted by atomic mass is 10.1. The quantitative estimate of drug-likeness (QED) is 0.700. The van der Waals surface area contributed by atoms with Gasteiger partial charge in [-0.2, -0.15) is 4.31 Å². The van der Waals surface area contributed by atoms with E-state index in [1.165, 1.54) is 10.5 Å². The molecule has 1 aliphatic heterocycles. The Morgan fingerprint density at radius 3 is 2.72 bits per heavy atom. The summed E-state index contributed by atoms with van der Waals surface area (Å²) in [5, 5.41) is 8.05. The molecule has 0 spiro atoms. The second kappa shape index (κ2) is 6.34. The highest BCUT2D eigenvalue weighted by molar-refractivity contribution is 7.89. The van der Waals surface area contributed by atoms with Gasteiger partial charge >= 0.3 is 0 Å². The number of benzene rings is 1. The molecule has 1 saturated heterocycles. The SMILES string of the molecule is O=S(=O)(c1ccccc1)N1CCC(c2nnc(-c3cnccn3)o2)C1. The predicted octanol–water partition coefficient (Wildman–Crippen LogP) is 1.70. The van der Waals surface area contributed by atoms with Crippen molar-refractivity contribution >= 4 is 10.0 Å². The van der Waals surface area contributed by atoms with Crippen LogP contribution in [0.15, 0.2) is 58.2 Å². The Hall–Kier alpha value is -2.65. The third-order valence-corrected chi connectivity index (χ3v) is 5.98. The Morgan fingerprint density at radius 2 is 1.96 bits per heavy atom. The smallest absolute Gasteiger partial charge is 0.267 e. The van der Waals surface area contributed by atoms with Gasteiger partial charge in [0, 0.05) is 25.5 Å². The van der Waals surface area contributed by atoms with E-state index in [4.69, 9.17) is 4.42 Å². The molecule has 1 unspecified atom stereocenters. The number of aromatic nitrogens is 4. The van der Waals surface area contributed by atoms with Gasteiger partial charge in [0.1, 0.15) is 5.69 Å². The van der Waals surface area contributed by atoms with E-state index in [0.717, 1.165) is 0 Å². The average Bonchev–Trinajstić information content (AvgIpc) is 3.33. The lowest BCUT2D eigenvalue weighted by molar-refractivity contribution is 0.439. The molecular weight excluding hydrogens is 342 g/mol. The monoisotopic (exact) mass is 357 g/mol. The molecule has 0 amide bonds. The Balaban J connectivity index is 1.53. The number of hydrogen-bond acceptors (Lipinski definition) is 7. The zero-order chi connectivity index (χ0) is 17.3. The third kappa shape index (κ3) is 3.03. The largest absolute Gasteiger partial charge is 0.419 e. The van der Waals surface area contributed by atoms with E-state index in [9.17, 15) is 8.42 Å². The maximum atomic E-state index is 12.7. The van der Waals surface area contributed by atoms with Gasteiger partial charge in [0.2, 0.25) is 15.9 Å². The molecule has 0 bridgehead atoms. The Bertz CT molecular complexity index is 960. The molecule has 1 aromatic carbocycles. The van der Waals surface area contributed by atoms with Crippen molar-refractivity contribution in [2.75, 3.05) is 13.1 Å². The third-order valence-electron chi connectivity index (χ3n) is 4.10. The van der Waals surface area contributed by atoms with Crippen molar-refractivity contribution in [3.63, 3.8) is 0 Å². The molecule has 0 radical (unpaired) electrons. The van der Waals surface area contributed by atoms with Gasteiger partial charge in [-0.3, -0.25) is 4.98 Å². The van der Waals surface area contributed by atoms with Crippen LogP contribution in [0, 0.1) is 0 Å². The highest BCUT2D eigenvalue weighted by Gasteiger charge is 2.35. The predicted molar refractivity (Wildman–Crippen MR) is 87.9 cm³/mol. The first-order chi connectivity index (χ1) is 12.1. The van der Waals surface area contributed by atoms with Gasteiger partial charge in [0.15, 0.2) is 0 Å². The number of sulfonamides is 1. The highest BCUT2D eigenvalue weighted by atomic mass is 32.2. The molecule has 1 aliphatic rings. The van der Waals surface area contributed by atoms with Gasteiger partial charge < -0.3 is 4.42 Å². The van der Waals surface area contributed by atoms with E-state index >= 15 is 0 Å². The summed E-state index contributed by atoms with van der Waals surface area (Å²) in [6, 6.07) is 8.42. The maximum Gasteiger partial charge on any atom is 0.267 e.